The number of thiophene rings is 1. The summed E-state index contributed by atoms with van der Waals surface area (Å²) >= 11 is 7.08. The van der Waals surface area contributed by atoms with Crippen LogP contribution in [0.2, 0.25) is 5.02 Å². The number of hydrogen-bond donors (Lipinski definition) is 2. The molecule has 0 aliphatic heterocycles. The van der Waals surface area contributed by atoms with Crippen LogP contribution in [0.4, 0.5) is 0 Å². The quantitative estimate of drug-likeness (QED) is 0.839. The van der Waals surface area contributed by atoms with E-state index in [1.165, 1.54) is 11.3 Å². The van der Waals surface area contributed by atoms with Crippen LogP contribution in [-0.4, -0.2) is 23.0 Å². The van der Waals surface area contributed by atoms with E-state index in [-0.39, 0.29) is 18.4 Å². The van der Waals surface area contributed by atoms with Crippen molar-refractivity contribution in [3.63, 3.8) is 0 Å². The third-order valence-electron chi connectivity index (χ3n) is 2.22. The monoisotopic (exact) mass is 275 g/mol. The van der Waals surface area contributed by atoms with E-state index >= 15 is 0 Å². The van der Waals surface area contributed by atoms with Gasteiger partial charge in [0.2, 0.25) is 0 Å². The molecule has 1 aromatic rings. The lowest BCUT2D eigenvalue weighted by Crippen LogP contribution is -2.36. The first-order valence-electron chi connectivity index (χ1n) is 5.30. The molecule has 0 aliphatic rings. The van der Waals surface area contributed by atoms with Crippen molar-refractivity contribution < 1.29 is 14.7 Å². The van der Waals surface area contributed by atoms with E-state index < -0.39 is 5.97 Å². The molecule has 17 heavy (non-hydrogen) atoms. The van der Waals surface area contributed by atoms with Crippen molar-refractivity contribution in [2.75, 3.05) is 0 Å². The smallest absolute Gasteiger partial charge is 0.305 e. The molecular formula is C11H14ClNO3S. The first kappa shape index (κ1) is 14.0. The van der Waals surface area contributed by atoms with E-state index in [2.05, 4.69) is 5.32 Å². The summed E-state index contributed by atoms with van der Waals surface area (Å²) in [5.41, 5.74) is 0. The first-order chi connectivity index (χ1) is 8.04. The van der Waals surface area contributed by atoms with Crippen molar-refractivity contribution in [3.8, 4) is 0 Å². The van der Waals surface area contributed by atoms with Gasteiger partial charge in [-0.2, -0.15) is 0 Å². The number of amides is 1. The number of carbonyl (C=O) groups excluding carboxylic acids is 1. The Morgan fingerprint density at radius 2 is 2.29 bits per heavy atom. The molecule has 1 rings (SSSR count). The molecule has 0 fully saturated rings. The number of rotatable bonds is 6. The molecule has 0 unspecified atom stereocenters. The number of aliphatic carboxylic acids is 1. The Bertz CT molecular complexity index is 405. The summed E-state index contributed by atoms with van der Waals surface area (Å²) in [6.07, 6.45) is 1.39. The third-order valence-corrected chi connectivity index (χ3v) is 3.56. The lowest BCUT2D eigenvalue weighted by atomic mass is 10.1. The second-order valence-electron chi connectivity index (χ2n) is 3.65. The molecule has 0 spiro atoms. The lowest BCUT2D eigenvalue weighted by molar-refractivity contribution is -0.137. The molecule has 1 aromatic heterocycles. The minimum Gasteiger partial charge on any atom is -0.481 e. The summed E-state index contributed by atoms with van der Waals surface area (Å²) in [6.45, 7) is 1.94. The highest BCUT2D eigenvalue weighted by atomic mass is 35.5. The molecule has 0 bridgehead atoms. The largest absolute Gasteiger partial charge is 0.481 e. The van der Waals surface area contributed by atoms with Crippen LogP contribution in [0.5, 0.6) is 0 Å². The fraction of sp³-hybridized carbons (Fsp3) is 0.455. The zero-order valence-corrected chi connectivity index (χ0v) is 11.0. The van der Waals surface area contributed by atoms with E-state index in [4.69, 9.17) is 16.7 Å². The molecule has 1 amide bonds. The first-order valence-corrected chi connectivity index (χ1v) is 6.56. The topological polar surface area (TPSA) is 66.4 Å². The van der Waals surface area contributed by atoms with Crippen LogP contribution in [-0.2, 0) is 4.79 Å². The maximum atomic E-state index is 11.8. The molecule has 1 heterocycles. The van der Waals surface area contributed by atoms with Gasteiger partial charge in [-0.05, 0) is 17.9 Å². The highest BCUT2D eigenvalue weighted by molar-refractivity contribution is 7.12. The molecule has 0 aromatic carbocycles. The van der Waals surface area contributed by atoms with Crippen molar-refractivity contribution in [1.82, 2.24) is 5.32 Å². The SMILES string of the molecule is CCC[C@H](CC(=O)O)NC(=O)c1sccc1Cl. The summed E-state index contributed by atoms with van der Waals surface area (Å²) < 4.78 is 0. The summed E-state index contributed by atoms with van der Waals surface area (Å²) in [6, 6.07) is 1.30. The number of halogens is 1. The van der Waals surface area contributed by atoms with Crippen molar-refractivity contribution >= 4 is 34.8 Å². The van der Waals surface area contributed by atoms with Crippen molar-refractivity contribution in [3.05, 3.63) is 21.3 Å². The van der Waals surface area contributed by atoms with Gasteiger partial charge >= 0.3 is 5.97 Å². The molecular weight excluding hydrogens is 262 g/mol. The van der Waals surface area contributed by atoms with Crippen molar-refractivity contribution in [1.29, 1.82) is 0 Å². The van der Waals surface area contributed by atoms with Crippen LogP contribution in [0.15, 0.2) is 11.4 Å². The van der Waals surface area contributed by atoms with Gasteiger partial charge in [-0.15, -0.1) is 11.3 Å². The standard InChI is InChI=1S/C11H14ClNO3S/c1-2-3-7(6-9(14)15)13-11(16)10-8(12)4-5-17-10/h4-5,7H,2-3,6H2,1H3,(H,13,16)(H,14,15)/t7-/m1/s1. The Hall–Kier alpha value is -1.07. The van der Waals surface area contributed by atoms with Gasteiger partial charge < -0.3 is 10.4 Å². The molecule has 0 aliphatic carbocycles. The van der Waals surface area contributed by atoms with Crippen molar-refractivity contribution in [2.45, 2.75) is 32.2 Å². The molecule has 0 radical (unpaired) electrons. The fourth-order valence-corrected chi connectivity index (χ4v) is 2.54. The normalized spacial score (nSPS) is 12.1. The Morgan fingerprint density at radius 1 is 1.59 bits per heavy atom. The third kappa shape index (κ3) is 4.36. The summed E-state index contributed by atoms with van der Waals surface area (Å²) in [5, 5.41) is 13.6. The van der Waals surface area contributed by atoms with Crippen LogP contribution >= 0.6 is 22.9 Å². The van der Waals surface area contributed by atoms with E-state index in [0.717, 1.165) is 6.42 Å². The highest BCUT2D eigenvalue weighted by Gasteiger charge is 2.18. The van der Waals surface area contributed by atoms with Gasteiger partial charge in [0.25, 0.3) is 5.91 Å². The minimum absolute atomic E-state index is 0.0669. The van der Waals surface area contributed by atoms with Crippen LogP contribution in [0, 0.1) is 0 Å². The second-order valence-corrected chi connectivity index (χ2v) is 4.98. The average Bonchev–Trinajstić information content (AvgIpc) is 2.63. The predicted molar refractivity (Wildman–Crippen MR) is 67.7 cm³/mol. The van der Waals surface area contributed by atoms with Gasteiger partial charge in [-0.3, -0.25) is 9.59 Å². The van der Waals surface area contributed by atoms with E-state index in [1.807, 2.05) is 6.92 Å². The molecule has 0 saturated carbocycles. The van der Waals surface area contributed by atoms with Crippen molar-refractivity contribution in [2.24, 2.45) is 0 Å². The highest BCUT2D eigenvalue weighted by Crippen LogP contribution is 2.22. The molecule has 1 atom stereocenters. The van der Waals surface area contributed by atoms with Gasteiger partial charge in [-0.1, -0.05) is 24.9 Å². The van der Waals surface area contributed by atoms with Crippen LogP contribution < -0.4 is 5.32 Å². The number of carboxylic acids is 1. The Morgan fingerprint density at radius 3 is 2.76 bits per heavy atom. The average molecular weight is 276 g/mol. The molecule has 6 heteroatoms. The Balaban J connectivity index is 2.64. The van der Waals surface area contributed by atoms with E-state index in [1.54, 1.807) is 11.4 Å². The van der Waals surface area contributed by atoms with Crippen LogP contribution in [0.3, 0.4) is 0 Å². The van der Waals surface area contributed by atoms with E-state index in [0.29, 0.717) is 16.3 Å². The maximum Gasteiger partial charge on any atom is 0.305 e. The zero-order chi connectivity index (χ0) is 12.8. The molecule has 94 valence electrons. The fourth-order valence-electron chi connectivity index (χ4n) is 1.49. The molecule has 2 N–H and O–H groups in total. The van der Waals surface area contributed by atoms with Crippen LogP contribution in [0.25, 0.3) is 0 Å². The molecule has 0 saturated heterocycles. The van der Waals surface area contributed by atoms with Crippen LogP contribution in [0.1, 0.15) is 35.9 Å². The summed E-state index contributed by atoms with van der Waals surface area (Å²) in [7, 11) is 0. The number of hydrogen-bond acceptors (Lipinski definition) is 3. The van der Waals surface area contributed by atoms with Gasteiger partial charge in [0.15, 0.2) is 0 Å². The number of carbonyl (C=O) groups is 2. The lowest BCUT2D eigenvalue weighted by Gasteiger charge is -2.15. The van der Waals surface area contributed by atoms with Gasteiger partial charge in [0, 0.05) is 6.04 Å². The Kier molecular flexibility index (Phi) is 5.44. The molecule has 4 nitrogen and oxygen atoms in total. The summed E-state index contributed by atoms with van der Waals surface area (Å²) in [4.78, 5) is 22.9. The zero-order valence-electron chi connectivity index (χ0n) is 9.40. The summed E-state index contributed by atoms with van der Waals surface area (Å²) in [5.74, 6) is -1.22. The van der Waals surface area contributed by atoms with E-state index in [9.17, 15) is 9.59 Å². The van der Waals surface area contributed by atoms with Gasteiger partial charge in [0.1, 0.15) is 4.88 Å². The Labute approximate surface area is 109 Å². The number of nitrogens with one attached hydrogen (secondary N) is 1. The second kappa shape index (κ2) is 6.61. The maximum absolute atomic E-state index is 11.8. The minimum atomic E-state index is -0.916. The van der Waals surface area contributed by atoms with Gasteiger partial charge in [0.05, 0.1) is 11.4 Å². The van der Waals surface area contributed by atoms with Gasteiger partial charge in [-0.25, -0.2) is 0 Å². The predicted octanol–water partition coefficient (Wildman–Crippen LogP) is 2.77. The number of carboxylic acid groups (broad SMARTS) is 1.